The third kappa shape index (κ3) is 1.83. The smallest absolute Gasteiger partial charge is 0.297 e. The lowest BCUT2D eigenvalue weighted by molar-refractivity contribution is -0.114. The lowest BCUT2D eigenvalue weighted by Crippen LogP contribution is -2.29. The van der Waals surface area contributed by atoms with Gasteiger partial charge in [-0.05, 0) is 35.0 Å². The Morgan fingerprint density at radius 2 is 2.10 bits per heavy atom. The first-order valence-corrected chi connectivity index (χ1v) is 6.41. The second kappa shape index (κ2) is 4.48. The highest BCUT2D eigenvalue weighted by molar-refractivity contribution is 9.10. The number of aromatic nitrogens is 2. The van der Waals surface area contributed by atoms with Crippen molar-refractivity contribution in [1.82, 2.24) is 10.3 Å². The number of hydrogen-bond acceptors (Lipinski definition) is 5. The highest BCUT2D eigenvalue weighted by Crippen LogP contribution is 2.37. The number of rotatable bonds is 2. The minimum absolute atomic E-state index is 0.0379. The zero-order valence-corrected chi connectivity index (χ0v) is 11.8. The van der Waals surface area contributed by atoms with Gasteiger partial charge in [0.05, 0.1) is 17.8 Å². The van der Waals surface area contributed by atoms with Crippen LogP contribution in [-0.4, -0.2) is 22.0 Å². The molecule has 20 heavy (non-hydrogen) atoms. The number of amides is 1. The molecule has 0 N–H and O–H groups in total. The number of carbonyl (C=O) groups is 2. The van der Waals surface area contributed by atoms with Crippen molar-refractivity contribution in [3.63, 3.8) is 0 Å². The molecular weight excluding hydrogens is 333 g/mol. The molecule has 6 nitrogen and oxygen atoms in total. The Balaban J connectivity index is 2.09. The summed E-state index contributed by atoms with van der Waals surface area (Å²) in [7, 11) is 0. The van der Waals surface area contributed by atoms with Gasteiger partial charge in [0, 0.05) is 4.47 Å². The molecule has 1 aliphatic heterocycles. The van der Waals surface area contributed by atoms with Crippen molar-refractivity contribution in [1.29, 1.82) is 0 Å². The number of fused-ring (bicyclic) bond motifs is 1. The molecule has 0 unspecified atom stereocenters. The SMILES string of the molecule is Cc1nonc1CN1C(=O)C(=O)c2cc(F)cc(Br)c21. The Morgan fingerprint density at radius 1 is 1.35 bits per heavy atom. The summed E-state index contributed by atoms with van der Waals surface area (Å²) in [6, 6.07) is 2.25. The van der Waals surface area contributed by atoms with Gasteiger partial charge in [0.2, 0.25) is 0 Å². The van der Waals surface area contributed by atoms with Gasteiger partial charge in [0.1, 0.15) is 17.2 Å². The number of aryl methyl sites for hydroxylation is 1. The molecule has 2 aromatic rings. The van der Waals surface area contributed by atoms with Crippen LogP contribution >= 0.6 is 15.9 Å². The number of benzene rings is 1. The van der Waals surface area contributed by atoms with Gasteiger partial charge in [0.15, 0.2) is 0 Å². The summed E-state index contributed by atoms with van der Waals surface area (Å²) >= 11 is 3.17. The molecule has 0 saturated heterocycles. The average Bonchev–Trinajstić information content (AvgIpc) is 2.88. The Bertz CT molecular complexity index is 744. The van der Waals surface area contributed by atoms with Crippen molar-refractivity contribution < 1.29 is 18.6 Å². The van der Waals surface area contributed by atoms with Gasteiger partial charge >= 0.3 is 0 Å². The van der Waals surface area contributed by atoms with Crippen LogP contribution in [0.25, 0.3) is 0 Å². The van der Waals surface area contributed by atoms with E-state index in [0.717, 1.165) is 6.07 Å². The molecule has 0 atom stereocenters. The van der Waals surface area contributed by atoms with E-state index in [1.165, 1.54) is 11.0 Å². The van der Waals surface area contributed by atoms with E-state index in [9.17, 15) is 14.0 Å². The van der Waals surface area contributed by atoms with E-state index in [1.54, 1.807) is 6.92 Å². The van der Waals surface area contributed by atoms with Crippen LogP contribution in [0.1, 0.15) is 21.7 Å². The summed E-state index contributed by atoms with van der Waals surface area (Å²) in [6.07, 6.45) is 0. The van der Waals surface area contributed by atoms with Crippen molar-refractivity contribution in [2.24, 2.45) is 0 Å². The first kappa shape index (κ1) is 12.9. The molecule has 0 aliphatic carbocycles. The fraction of sp³-hybridized carbons (Fsp3) is 0.167. The first-order valence-electron chi connectivity index (χ1n) is 5.62. The van der Waals surface area contributed by atoms with Gasteiger partial charge in [0.25, 0.3) is 11.7 Å². The maximum Gasteiger partial charge on any atom is 0.299 e. The number of ketones is 1. The zero-order chi connectivity index (χ0) is 14.4. The summed E-state index contributed by atoms with van der Waals surface area (Å²) < 4.78 is 18.2. The van der Waals surface area contributed by atoms with Crippen molar-refractivity contribution >= 4 is 33.3 Å². The number of anilines is 1. The van der Waals surface area contributed by atoms with Gasteiger partial charge in [-0.15, -0.1) is 0 Å². The standard InChI is InChI=1S/C12H7BrFN3O3/c1-5-9(16-20-15-5)4-17-10-7(11(18)12(17)19)2-6(14)3-8(10)13/h2-3H,4H2,1H3. The van der Waals surface area contributed by atoms with E-state index in [0.29, 0.717) is 21.5 Å². The topological polar surface area (TPSA) is 76.3 Å². The van der Waals surface area contributed by atoms with Crippen molar-refractivity contribution in [2.75, 3.05) is 4.90 Å². The van der Waals surface area contributed by atoms with Crippen LogP contribution in [0.5, 0.6) is 0 Å². The minimum Gasteiger partial charge on any atom is -0.297 e. The molecule has 0 bridgehead atoms. The quantitative estimate of drug-likeness (QED) is 0.782. The summed E-state index contributed by atoms with van der Waals surface area (Å²) in [5, 5.41) is 7.29. The fourth-order valence-electron chi connectivity index (χ4n) is 2.05. The number of nitrogens with zero attached hydrogens (tertiary/aromatic N) is 3. The predicted octanol–water partition coefficient (Wildman–Crippen LogP) is 2.01. The van der Waals surface area contributed by atoms with Crippen LogP contribution in [0.4, 0.5) is 10.1 Å². The van der Waals surface area contributed by atoms with E-state index in [4.69, 9.17) is 0 Å². The third-order valence-corrected chi connectivity index (χ3v) is 3.64. The number of carbonyl (C=O) groups excluding carboxylic acids is 2. The minimum atomic E-state index is -0.741. The van der Waals surface area contributed by atoms with Crippen LogP contribution in [-0.2, 0) is 11.3 Å². The van der Waals surface area contributed by atoms with Gasteiger partial charge in [-0.3, -0.25) is 14.5 Å². The molecule has 102 valence electrons. The maximum atomic E-state index is 13.3. The largest absolute Gasteiger partial charge is 0.299 e. The van der Waals surface area contributed by atoms with Crippen LogP contribution in [0.3, 0.4) is 0 Å². The normalized spacial score (nSPS) is 14.1. The van der Waals surface area contributed by atoms with E-state index in [2.05, 4.69) is 30.9 Å². The molecule has 1 aromatic carbocycles. The summed E-state index contributed by atoms with van der Waals surface area (Å²) in [5.74, 6) is -2.05. The van der Waals surface area contributed by atoms with E-state index in [-0.39, 0.29) is 12.1 Å². The van der Waals surface area contributed by atoms with Crippen molar-refractivity contribution in [3.8, 4) is 0 Å². The lowest BCUT2D eigenvalue weighted by atomic mass is 10.1. The molecule has 1 aromatic heterocycles. The Morgan fingerprint density at radius 3 is 2.75 bits per heavy atom. The fourth-order valence-corrected chi connectivity index (χ4v) is 2.69. The molecule has 2 heterocycles. The number of hydrogen-bond donors (Lipinski definition) is 0. The van der Waals surface area contributed by atoms with Crippen LogP contribution in [0.2, 0.25) is 0 Å². The predicted molar refractivity (Wildman–Crippen MR) is 68.7 cm³/mol. The Kier molecular flexibility index (Phi) is 2.89. The van der Waals surface area contributed by atoms with Crippen LogP contribution in [0.15, 0.2) is 21.2 Å². The molecule has 0 saturated carbocycles. The molecule has 0 fully saturated rings. The highest BCUT2D eigenvalue weighted by Gasteiger charge is 2.38. The molecule has 0 radical (unpaired) electrons. The second-order valence-corrected chi connectivity index (χ2v) is 5.15. The van der Waals surface area contributed by atoms with E-state index >= 15 is 0 Å². The van der Waals surface area contributed by atoms with E-state index in [1.807, 2.05) is 0 Å². The monoisotopic (exact) mass is 339 g/mol. The van der Waals surface area contributed by atoms with Gasteiger partial charge < -0.3 is 0 Å². The summed E-state index contributed by atoms with van der Waals surface area (Å²) in [6.45, 7) is 1.71. The van der Waals surface area contributed by atoms with Crippen LogP contribution < -0.4 is 4.90 Å². The van der Waals surface area contributed by atoms with Gasteiger partial charge in [-0.1, -0.05) is 10.3 Å². The van der Waals surface area contributed by atoms with Crippen molar-refractivity contribution in [3.05, 3.63) is 39.4 Å². The Hall–Kier alpha value is -2.09. The van der Waals surface area contributed by atoms with E-state index < -0.39 is 17.5 Å². The molecule has 0 spiro atoms. The second-order valence-electron chi connectivity index (χ2n) is 4.30. The van der Waals surface area contributed by atoms with Gasteiger partial charge in [-0.2, -0.15) is 0 Å². The highest BCUT2D eigenvalue weighted by atomic mass is 79.9. The molecule has 1 amide bonds. The average molecular weight is 340 g/mol. The zero-order valence-electron chi connectivity index (χ0n) is 10.2. The summed E-state index contributed by atoms with van der Waals surface area (Å²) in [5.41, 5.74) is 1.34. The molecule has 3 rings (SSSR count). The Labute approximate surface area is 120 Å². The molecule has 1 aliphatic rings. The van der Waals surface area contributed by atoms with Gasteiger partial charge in [-0.25, -0.2) is 9.02 Å². The maximum absolute atomic E-state index is 13.3. The molecule has 8 heteroatoms. The van der Waals surface area contributed by atoms with Crippen molar-refractivity contribution in [2.45, 2.75) is 13.5 Å². The summed E-state index contributed by atoms with van der Waals surface area (Å²) in [4.78, 5) is 25.1. The molecular formula is C12H7BrFN3O3. The lowest BCUT2D eigenvalue weighted by Gasteiger charge is -2.16. The number of Topliss-reactive ketones (excluding diaryl/α,β-unsaturated/α-hetero) is 1. The first-order chi connectivity index (χ1) is 9.49. The number of halogens is 2. The van der Waals surface area contributed by atoms with Crippen LogP contribution in [0, 0.1) is 12.7 Å². The third-order valence-electron chi connectivity index (χ3n) is 3.04.